The van der Waals surface area contributed by atoms with Gasteiger partial charge in [-0.1, -0.05) is 18.2 Å². The summed E-state index contributed by atoms with van der Waals surface area (Å²) in [7, 11) is -3.75. The molecule has 4 aromatic rings. The van der Waals surface area contributed by atoms with E-state index in [0.29, 0.717) is 39.5 Å². The quantitative estimate of drug-likeness (QED) is 0.473. The smallest absolute Gasteiger partial charge is 0.244 e. The second-order valence-corrected chi connectivity index (χ2v) is 10.6. The van der Waals surface area contributed by atoms with E-state index >= 15 is 0 Å². The van der Waals surface area contributed by atoms with Gasteiger partial charge in [0.1, 0.15) is 11.5 Å². The first kappa shape index (κ1) is 20.5. The van der Waals surface area contributed by atoms with Gasteiger partial charge in [0.15, 0.2) is 0 Å². The first-order chi connectivity index (χ1) is 15.2. The number of halogens is 1. The van der Waals surface area contributed by atoms with Gasteiger partial charge in [0, 0.05) is 17.2 Å². The number of benzene rings is 2. The first-order valence-corrected chi connectivity index (χ1v) is 11.9. The third kappa shape index (κ3) is 3.05. The summed E-state index contributed by atoms with van der Waals surface area (Å²) in [6.07, 6.45) is 1.89. The molecule has 0 bridgehead atoms. The Kier molecular flexibility index (Phi) is 4.52. The molecule has 0 aliphatic heterocycles. The maximum absolute atomic E-state index is 14.7. The molecule has 2 aromatic heterocycles. The van der Waals surface area contributed by atoms with Gasteiger partial charge >= 0.3 is 0 Å². The summed E-state index contributed by atoms with van der Waals surface area (Å²) in [6.45, 7) is 3.17. The van der Waals surface area contributed by atoms with E-state index < -0.39 is 21.1 Å². The van der Waals surface area contributed by atoms with Gasteiger partial charge in [-0.3, -0.25) is 0 Å². The first-order valence-electron chi connectivity index (χ1n) is 10.4. The van der Waals surface area contributed by atoms with Crippen LogP contribution in [0.2, 0.25) is 0 Å². The summed E-state index contributed by atoms with van der Waals surface area (Å²) in [5, 5.41) is -0.688. The zero-order chi connectivity index (χ0) is 22.8. The SMILES string of the molecule is CC(C)S(=O)(=O)n1c(N)nc2ccc(-c3c(-c4ccccc4F)nc(N)n3C3CC3)cc21. The molecule has 1 aliphatic carbocycles. The van der Waals surface area contributed by atoms with E-state index in [1.807, 2.05) is 4.57 Å². The highest BCUT2D eigenvalue weighted by atomic mass is 32.2. The fourth-order valence-corrected chi connectivity index (χ4v) is 5.11. The lowest BCUT2D eigenvalue weighted by Gasteiger charge is -2.13. The number of hydrogen-bond donors (Lipinski definition) is 2. The number of nitrogen functional groups attached to an aromatic ring is 2. The van der Waals surface area contributed by atoms with Crippen LogP contribution in [0.25, 0.3) is 33.5 Å². The lowest BCUT2D eigenvalue weighted by atomic mass is 10.0. The van der Waals surface area contributed by atoms with Crippen molar-refractivity contribution in [3.05, 3.63) is 48.3 Å². The monoisotopic (exact) mass is 454 g/mol. The topological polar surface area (TPSA) is 122 Å². The highest BCUT2D eigenvalue weighted by Gasteiger charge is 2.32. The predicted molar refractivity (Wildman–Crippen MR) is 123 cm³/mol. The van der Waals surface area contributed by atoms with Gasteiger partial charge in [-0.05, 0) is 51.0 Å². The number of hydrogen-bond acceptors (Lipinski definition) is 6. The maximum Gasteiger partial charge on any atom is 0.244 e. The Labute approximate surface area is 184 Å². The Bertz CT molecular complexity index is 1470. The molecule has 0 spiro atoms. The van der Waals surface area contributed by atoms with Gasteiger partial charge in [-0.25, -0.2) is 26.7 Å². The van der Waals surface area contributed by atoms with Gasteiger partial charge in [0.25, 0.3) is 0 Å². The molecule has 0 saturated heterocycles. The molecule has 10 heteroatoms. The number of anilines is 2. The van der Waals surface area contributed by atoms with Crippen LogP contribution in [0, 0.1) is 5.82 Å². The van der Waals surface area contributed by atoms with E-state index in [1.165, 1.54) is 6.07 Å². The Balaban J connectivity index is 1.81. The lowest BCUT2D eigenvalue weighted by molar-refractivity contribution is 0.580. The van der Waals surface area contributed by atoms with Crippen molar-refractivity contribution >= 4 is 33.0 Å². The van der Waals surface area contributed by atoms with Crippen molar-refractivity contribution in [3.8, 4) is 22.5 Å². The van der Waals surface area contributed by atoms with E-state index in [4.69, 9.17) is 11.5 Å². The molecular formula is C22H23FN6O2S. The molecule has 2 heterocycles. The van der Waals surface area contributed by atoms with Crippen LogP contribution >= 0.6 is 0 Å². The second-order valence-electron chi connectivity index (χ2n) is 8.28. The van der Waals surface area contributed by atoms with E-state index in [-0.39, 0.29) is 12.0 Å². The fourth-order valence-electron chi connectivity index (χ4n) is 3.97. The number of nitrogens with zero attached hydrogens (tertiary/aromatic N) is 4. The third-order valence-corrected chi connectivity index (χ3v) is 7.82. The molecule has 1 fully saturated rings. The Morgan fingerprint density at radius 1 is 1.06 bits per heavy atom. The minimum atomic E-state index is -3.75. The normalized spacial score (nSPS) is 14.5. The summed E-state index contributed by atoms with van der Waals surface area (Å²) >= 11 is 0. The van der Waals surface area contributed by atoms with Gasteiger partial charge < -0.3 is 16.0 Å². The van der Waals surface area contributed by atoms with Crippen LogP contribution in [-0.4, -0.2) is 32.2 Å². The Morgan fingerprint density at radius 3 is 2.44 bits per heavy atom. The van der Waals surface area contributed by atoms with Gasteiger partial charge in [-0.15, -0.1) is 0 Å². The van der Waals surface area contributed by atoms with Crippen molar-refractivity contribution < 1.29 is 12.8 Å². The largest absolute Gasteiger partial charge is 0.369 e. The number of fused-ring (bicyclic) bond motifs is 1. The summed E-state index contributed by atoms with van der Waals surface area (Å²) in [5.74, 6) is -0.217. The van der Waals surface area contributed by atoms with Crippen molar-refractivity contribution in [2.24, 2.45) is 0 Å². The van der Waals surface area contributed by atoms with Crippen LogP contribution in [-0.2, 0) is 10.0 Å². The van der Waals surface area contributed by atoms with Crippen molar-refractivity contribution in [2.75, 3.05) is 11.5 Å². The Morgan fingerprint density at radius 2 is 1.78 bits per heavy atom. The molecule has 4 N–H and O–H groups in total. The molecule has 32 heavy (non-hydrogen) atoms. The standard InChI is InChI=1S/C22H23FN6O2S/c1-12(2)32(30,31)29-18-11-13(7-10-17(18)26-22(29)25)20-19(15-5-3-4-6-16(15)23)27-21(24)28(20)14-8-9-14/h3-7,10-12,14H,8-9H2,1-2H3,(H2,24,27)(H2,25,26). The average Bonchev–Trinajstić information content (AvgIpc) is 3.43. The van der Waals surface area contributed by atoms with Crippen LogP contribution < -0.4 is 11.5 Å². The predicted octanol–water partition coefficient (Wildman–Crippen LogP) is 3.79. The average molecular weight is 455 g/mol. The minimum absolute atomic E-state index is 0.101. The third-order valence-electron chi connectivity index (χ3n) is 5.74. The van der Waals surface area contributed by atoms with Crippen LogP contribution in [0.15, 0.2) is 42.5 Å². The number of rotatable bonds is 5. The molecular weight excluding hydrogens is 431 g/mol. The summed E-state index contributed by atoms with van der Waals surface area (Å²) in [4.78, 5) is 8.72. The van der Waals surface area contributed by atoms with E-state index in [0.717, 1.165) is 16.8 Å². The molecule has 2 aromatic carbocycles. The molecule has 8 nitrogen and oxygen atoms in total. The van der Waals surface area contributed by atoms with Crippen LogP contribution in [0.1, 0.15) is 32.7 Å². The van der Waals surface area contributed by atoms with Gasteiger partial charge in [0.2, 0.25) is 21.9 Å². The molecule has 0 atom stereocenters. The molecule has 0 unspecified atom stereocenters. The number of imidazole rings is 2. The minimum Gasteiger partial charge on any atom is -0.369 e. The molecule has 0 amide bonds. The summed E-state index contributed by atoms with van der Waals surface area (Å²) in [6, 6.07) is 11.8. The highest BCUT2D eigenvalue weighted by Crippen LogP contribution is 2.45. The Hall–Kier alpha value is -3.40. The van der Waals surface area contributed by atoms with Gasteiger partial charge in [0.05, 0.1) is 22.0 Å². The lowest BCUT2D eigenvalue weighted by Crippen LogP contribution is -2.23. The van der Waals surface area contributed by atoms with Crippen molar-refractivity contribution in [3.63, 3.8) is 0 Å². The van der Waals surface area contributed by atoms with Crippen LogP contribution in [0.5, 0.6) is 0 Å². The highest BCUT2D eigenvalue weighted by molar-refractivity contribution is 7.90. The van der Waals surface area contributed by atoms with Crippen LogP contribution in [0.3, 0.4) is 0 Å². The number of aromatic nitrogens is 4. The second kappa shape index (κ2) is 7.06. The van der Waals surface area contributed by atoms with Gasteiger partial charge in [-0.2, -0.15) is 0 Å². The van der Waals surface area contributed by atoms with E-state index in [2.05, 4.69) is 9.97 Å². The van der Waals surface area contributed by atoms with Crippen molar-refractivity contribution in [1.29, 1.82) is 0 Å². The number of nitrogens with two attached hydrogens (primary N) is 2. The van der Waals surface area contributed by atoms with E-state index in [9.17, 15) is 12.8 Å². The van der Waals surface area contributed by atoms with Crippen molar-refractivity contribution in [1.82, 2.24) is 18.5 Å². The summed E-state index contributed by atoms with van der Waals surface area (Å²) < 4.78 is 43.6. The molecule has 166 valence electrons. The zero-order valence-corrected chi connectivity index (χ0v) is 18.5. The summed E-state index contributed by atoms with van der Waals surface area (Å²) in [5.41, 5.74) is 15.1. The molecule has 5 rings (SSSR count). The molecule has 0 radical (unpaired) electrons. The molecule has 1 aliphatic rings. The molecule has 1 saturated carbocycles. The zero-order valence-electron chi connectivity index (χ0n) is 17.7. The van der Waals surface area contributed by atoms with E-state index in [1.54, 1.807) is 50.2 Å². The van der Waals surface area contributed by atoms with Crippen molar-refractivity contribution in [2.45, 2.75) is 38.0 Å². The fraction of sp³-hybridized carbons (Fsp3) is 0.273. The van der Waals surface area contributed by atoms with Crippen LogP contribution in [0.4, 0.5) is 16.3 Å². The maximum atomic E-state index is 14.7.